The number of alkyl halides is 1. The number of carbonyl (C=O) groups excluding carboxylic acids is 2. The van der Waals surface area contributed by atoms with Crippen molar-refractivity contribution < 1.29 is 32.6 Å². The first-order chi connectivity index (χ1) is 21.1. The highest BCUT2D eigenvalue weighted by Gasteiger charge is 2.45. The van der Waals surface area contributed by atoms with Crippen LogP contribution in [0.3, 0.4) is 0 Å². The third kappa shape index (κ3) is 6.87. The molecule has 0 spiro atoms. The number of piperidine rings is 1. The van der Waals surface area contributed by atoms with Gasteiger partial charge in [0.25, 0.3) is 0 Å². The normalized spacial score (nSPS) is 20.1. The Morgan fingerprint density at radius 3 is 2.32 bits per heavy atom. The van der Waals surface area contributed by atoms with E-state index in [-0.39, 0.29) is 36.3 Å². The number of benzene rings is 2. The summed E-state index contributed by atoms with van der Waals surface area (Å²) in [6, 6.07) is 12.7. The number of hydrogen-bond acceptors (Lipinski definition) is 7. The van der Waals surface area contributed by atoms with Gasteiger partial charge in [0.2, 0.25) is 12.3 Å². The molecule has 0 aliphatic carbocycles. The van der Waals surface area contributed by atoms with Crippen molar-refractivity contribution >= 4 is 32.1 Å². The molecule has 0 bridgehead atoms. The molecular formula is C33H38F2N3O5P. The summed E-state index contributed by atoms with van der Waals surface area (Å²) in [6.45, 7) is 3.29. The van der Waals surface area contributed by atoms with E-state index in [1.165, 1.54) is 32.2 Å². The largest absolute Gasteiger partial charge is 0.497 e. The summed E-state index contributed by atoms with van der Waals surface area (Å²) < 4.78 is 44.8. The van der Waals surface area contributed by atoms with Gasteiger partial charge in [-0.1, -0.05) is 0 Å². The lowest BCUT2D eigenvalue weighted by molar-refractivity contribution is -0.120. The topological polar surface area (TPSA) is 81.2 Å². The van der Waals surface area contributed by atoms with E-state index in [0.717, 1.165) is 31.6 Å². The van der Waals surface area contributed by atoms with Gasteiger partial charge >= 0.3 is 0 Å². The maximum atomic E-state index is 15.7. The number of hydrogen-bond donors (Lipinski definition) is 0. The third-order valence-electron chi connectivity index (χ3n) is 8.52. The van der Waals surface area contributed by atoms with Gasteiger partial charge in [-0.05, 0) is 68.6 Å². The van der Waals surface area contributed by atoms with Gasteiger partial charge in [0.05, 0.1) is 20.1 Å². The fourth-order valence-corrected chi connectivity index (χ4v) is 6.66. The van der Waals surface area contributed by atoms with Crippen molar-refractivity contribution in [1.29, 1.82) is 0 Å². The van der Waals surface area contributed by atoms with E-state index >= 15 is 4.39 Å². The number of carbonyl (C=O) groups is 2. The highest BCUT2D eigenvalue weighted by atomic mass is 31.0. The Morgan fingerprint density at radius 1 is 1.05 bits per heavy atom. The van der Waals surface area contributed by atoms with Gasteiger partial charge in [0.15, 0.2) is 5.78 Å². The number of ether oxygens (including phenoxy) is 3. The van der Waals surface area contributed by atoms with E-state index in [2.05, 4.69) is 21.2 Å². The molecule has 3 heterocycles. The second-order valence-corrected chi connectivity index (χ2v) is 12.1. The number of Topliss-reactive ketones (excluding diaryl/α,β-unsaturated/α-hetero) is 1. The van der Waals surface area contributed by atoms with Crippen LogP contribution in [-0.2, 0) is 4.79 Å². The van der Waals surface area contributed by atoms with E-state index < -0.39 is 24.0 Å². The molecule has 2 aromatic carbocycles. The lowest BCUT2D eigenvalue weighted by Crippen LogP contribution is -2.31. The number of ketones is 1. The van der Waals surface area contributed by atoms with Gasteiger partial charge in [0.1, 0.15) is 28.9 Å². The standard InChI is InChI=1S/C33H38F2N3O5P/c1-19(34)43-22-7-5-21(6-8-22)29(39)17-25-26(32-27(35)13-23(41-3)15-30(32)44)18-38(33(25)40)31-16-24(42-4)14-28(36-31)20-9-11-37(2)12-10-20/h5-8,13-16,19-20,25-26H,9-12,17-18,44H2,1-4H3/t19?,25-,26+/m0/s1. The van der Waals surface area contributed by atoms with E-state index in [9.17, 15) is 14.0 Å². The zero-order valence-electron chi connectivity index (χ0n) is 25.4. The van der Waals surface area contributed by atoms with Crippen LogP contribution in [-0.4, -0.2) is 68.8 Å². The Hall–Kier alpha value is -3.62. The molecule has 3 aromatic rings. The average Bonchev–Trinajstić information content (AvgIpc) is 3.31. The SMILES string of the molecule is COc1cc(C2CCN(C)CC2)nc(N2C[C@@H](c3c(F)cc(OC)cc3P)[C@H](CC(=O)c3ccc(OC(C)F)cc3)C2=O)c1. The first kappa shape index (κ1) is 31.8. The van der Waals surface area contributed by atoms with Gasteiger partial charge < -0.3 is 19.1 Å². The number of anilines is 1. The summed E-state index contributed by atoms with van der Waals surface area (Å²) >= 11 is 0. The maximum absolute atomic E-state index is 15.7. The van der Waals surface area contributed by atoms with Gasteiger partial charge in [0, 0.05) is 66.7 Å². The van der Waals surface area contributed by atoms with Crippen molar-refractivity contribution in [1.82, 2.24) is 9.88 Å². The zero-order valence-corrected chi connectivity index (χ0v) is 26.5. The fraction of sp³-hybridized carbons (Fsp3) is 0.424. The minimum Gasteiger partial charge on any atom is -0.497 e. The molecule has 4 atom stereocenters. The molecule has 2 fully saturated rings. The third-order valence-corrected chi connectivity index (χ3v) is 9.00. The molecule has 5 rings (SSSR count). The van der Waals surface area contributed by atoms with Crippen LogP contribution in [0.2, 0.25) is 0 Å². The Labute approximate surface area is 258 Å². The molecule has 8 nitrogen and oxygen atoms in total. The predicted molar refractivity (Wildman–Crippen MR) is 168 cm³/mol. The van der Waals surface area contributed by atoms with Crippen LogP contribution in [0.15, 0.2) is 48.5 Å². The zero-order chi connectivity index (χ0) is 31.5. The predicted octanol–water partition coefficient (Wildman–Crippen LogP) is 5.26. The van der Waals surface area contributed by atoms with Crippen LogP contribution in [0.4, 0.5) is 14.6 Å². The Bertz CT molecular complexity index is 1490. The second-order valence-electron chi connectivity index (χ2n) is 11.5. The number of nitrogens with zero attached hydrogens (tertiary/aromatic N) is 3. The summed E-state index contributed by atoms with van der Waals surface area (Å²) in [7, 11) is 7.66. The Balaban J connectivity index is 1.50. The van der Waals surface area contributed by atoms with Crippen molar-refractivity contribution in [3.05, 3.63) is 71.2 Å². The number of halogens is 2. The lowest BCUT2D eigenvalue weighted by atomic mass is 9.84. The van der Waals surface area contributed by atoms with Crippen molar-refractivity contribution in [3.8, 4) is 17.2 Å². The fourth-order valence-electron chi connectivity index (χ4n) is 6.14. The van der Waals surface area contributed by atoms with Gasteiger partial charge in [-0.3, -0.25) is 14.5 Å². The lowest BCUT2D eigenvalue weighted by Gasteiger charge is -2.29. The van der Waals surface area contributed by atoms with Gasteiger partial charge in [-0.2, -0.15) is 0 Å². The molecule has 2 aliphatic heterocycles. The highest BCUT2D eigenvalue weighted by Crippen LogP contribution is 2.41. The van der Waals surface area contributed by atoms with Crippen LogP contribution in [0.25, 0.3) is 0 Å². The first-order valence-corrected chi connectivity index (χ1v) is 15.3. The average molecular weight is 626 g/mol. The molecule has 0 radical (unpaired) electrons. The van der Waals surface area contributed by atoms with Gasteiger partial charge in [-0.25, -0.2) is 13.8 Å². The van der Waals surface area contributed by atoms with E-state index in [0.29, 0.717) is 33.7 Å². The van der Waals surface area contributed by atoms with Crippen molar-refractivity contribution in [2.45, 2.75) is 44.4 Å². The number of aromatic nitrogens is 1. The number of methoxy groups -OCH3 is 2. The molecule has 2 saturated heterocycles. The van der Waals surface area contributed by atoms with Crippen LogP contribution >= 0.6 is 9.24 Å². The quantitative estimate of drug-likeness (QED) is 0.225. The number of amides is 1. The molecule has 0 N–H and O–H groups in total. The maximum Gasteiger partial charge on any atom is 0.235 e. The van der Waals surface area contributed by atoms with Gasteiger partial charge in [-0.15, -0.1) is 9.24 Å². The monoisotopic (exact) mass is 625 g/mol. The summed E-state index contributed by atoms with van der Waals surface area (Å²) in [5.41, 5.74) is 1.53. The van der Waals surface area contributed by atoms with E-state index in [1.807, 2.05) is 6.07 Å². The van der Waals surface area contributed by atoms with Crippen LogP contribution in [0.5, 0.6) is 17.2 Å². The smallest absolute Gasteiger partial charge is 0.235 e. The molecule has 11 heteroatoms. The summed E-state index contributed by atoms with van der Waals surface area (Å²) in [5.74, 6) is -0.753. The van der Waals surface area contributed by atoms with Crippen molar-refractivity contribution in [3.63, 3.8) is 0 Å². The summed E-state index contributed by atoms with van der Waals surface area (Å²) in [6.07, 6.45) is 0.225. The molecule has 1 amide bonds. The highest BCUT2D eigenvalue weighted by molar-refractivity contribution is 7.27. The molecule has 2 aliphatic rings. The molecule has 1 aromatic heterocycles. The Morgan fingerprint density at radius 2 is 1.70 bits per heavy atom. The molecule has 0 saturated carbocycles. The van der Waals surface area contributed by atoms with Crippen molar-refractivity contribution in [2.24, 2.45) is 5.92 Å². The van der Waals surface area contributed by atoms with E-state index in [4.69, 9.17) is 19.2 Å². The van der Waals surface area contributed by atoms with Crippen molar-refractivity contribution in [2.75, 3.05) is 45.8 Å². The van der Waals surface area contributed by atoms with Crippen LogP contribution < -0.4 is 24.4 Å². The van der Waals surface area contributed by atoms with Crippen LogP contribution in [0, 0.1) is 11.7 Å². The molecule has 234 valence electrons. The first-order valence-electron chi connectivity index (χ1n) is 14.7. The minimum absolute atomic E-state index is 0.135. The van der Waals surface area contributed by atoms with E-state index in [1.54, 1.807) is 36.3 Å². The second kappa shape index (κ2) is 13.6. The number of rotatable bonds is 10. The minimum atomic E-state index is -1.50. The summed E-state index contributed by atoms with van der Waals surface area (Å²) in [5, 5.41) is 0.548. The molecule has 2 unspecified atom stereocenters. The van der Waals surface area contributed by atoms with Crippen LogP contribution in [0.1, 0.15) is 59.6 Å². The number of likely N-dealkylation sites (tertiary alicyclic amines) is 1. The molecule has 44 heavy (non-hydrogen) atoms. The number of pyridine rings is 1. The summed E-state index contributed by atoms with van der Waals surface area (Å²) in [4.78, 5) is 36.4. The molecular weight excluding hydrogens is 587 g/mol. The Kier molecular flexibility index (Phi) is 9.81.